The largest absolute Gasteiger partial charge is 0.375 e. The molecule has 2 unspecified atom stereocenters. The summed E-state index contributed by atoms with van der Waals surface area (Å²) in [5.41, 5.74) is 1.84. The summed E-state index contributed by atoms with van der Waals surface area (Å²) >= 11 is 0. The van der Waals surface area contributed by atoms with Crippen molar-refractivity contribution in [1.82, 2.24) is 0 Å². The smallest absolute Gasteiger partial charge is 0.194 e. The van der Waals surface area contributed by atoms with E-state index in [0.717, 1.165) is 17.5 Å². The van der Waals surface area contributed by atoms with Crippen molar-refractivity contribution in [3.8, 4) is 0 Å². The second-order valence-electron chi connectivity index (χ2n) is 4.10. The van der Waals surface area contributed by atoms with Gasteiger partial charge in [0.15, 0.2) is 5.78 Å². The van der Waals surface area contributed by atoms with Gasteiger partial charge in [0.05, 0.1) is 6.10 Å². The highest BCUT2D eigenvalue weighted by atomic mass is 16.5. The quantitative estimate of drug-likeness (QED) is 0.801. The van der Waals surface area contributed by atoms with Gasteiger partial charge in [-0.1, -0.05) is 24.3 Å². The summed E-state index contributed by atoms with van der Waals surface area (Å²) in [6.07, 6.45) is 0.151. The van der Waals surface area contributed by atoms with Crippen LogP contribution in [0.2, 0.25) is 0 Å². The van der Waals surface area contributed by atoms with Crippen molar-refractivity contribution >= 4 is 5.78 Å². The van der Waals surface area contributed by atoms with Gasteiger partial charge in [0.1, 0.15) is 6.10 Å². The minimum Gasteiger partial charge on any atom is -0.375 e. The predicted molar refractivity (Wildman–Crippen MR) is 65.3 cm³/mol. The summed E-state index contributed by atoms with van der Waals surface area (Å²) in [5, 5.41) is 0. The molecule has 0 heterocycles. The number of Topliss-reactive ketones (excluding diaryl/α,β-unsaturated/α-hetero) is 1. The molecule has 2 rings (SSSR count). The molecule has 0 aromatic heterocycles. The number of ether oxygens (including phenoxy) is 2. The molecule has 3 nitrogen and oxygen atoms in total. The lowest BCUT2D eigenvalue weighted by Gasteiger charge is -2.31. The number of benzene rings is 1. The first-order valence-corrected chi connectivity index (χ1v) is 6.13. The average molecular weight is 234 g/mol. The van der Waals surface area contributed by atoms with Crippen LogP contribution in [0.15, 0.2) is 24.3 Å². The zero-order chi connectivity index (χ0) is 12.3. The van der Waals surface area contributed by atoms with E-state index >= 15 is 0 Å². The van der Waals surface area contributed by atoms with E-state index in [2.05, 4.69) is 0 Å². The third-order valence-corrected chi connectivity index (χ3v) is 3.03. The first-order valence-electron chi connectivity index (χ1n) is 6.13. The van der Waals surface area contributed by atoms with Gasteiger partial charge in [-0.3, -0.25) is 4.79 Å². The molecule has 1 aromatic carbocycles. The fourth-order valence-electron chi connectivity index (χ4n) is 2.31. The highest BCUT2D eigenvalue weighted by molar-refractivity contribution is 6.02. The van der Waals surface area contributed by atoms with Crippen LogP contribution >= 0.6 is 0 Å². The van der Waals surface area contributed by atoms with Gasteiger partial charge < -0.3 is 9.47 Å². The number of ketones is 1. The number of hydrogen-bond acceptors (Lipinski definition) is 3. The first-order chi connectivity index (χ1) is 8.27. The van der Waals surface area contributed by atoms with Crippen molar-refractivity contribution in [3.63, 3.8) is 0 Å². The molecule has 0 bridgehead atoms. The van der Waals surface area contributed by atoms with Gasteiger partial charge in [-0.15, -0.1) is 0 Å². The molecule has 0 radical (unpaired) electrons. The van der Waals surface area contributed by atoms with Crippen molar-refractivity contribution in [1.29, 1.82) is 0 Å². The highest BCUT2D eigenvalue weighted by Crippen LogP contribution is 2.25. The summed E-state index contributed by atoms with van der Waals surface area (Å²) in [6.45, 7) is 4.97. The minimum absolute atomic E-state index is 0.0483. The van der Waals surface area contributed by atoms with Crippen LogP contribution < -0.4 is 0 Å². The van der Waals surface area contributed by atoms with Crippen LogP contribution in [-0.4, -0.2) is 31.2 Å². The normalized spacial score (nSPS) is 23.5. The lowest BCUT2D eigenvalue weighted by atomic mass is 9.86. The van der Waals surface area contributed by atoms with Crippen molar-refractivity contribution in [2.45, 2.75) is 32.5 Å². The predicted octanol–water partition coefficient (Wildman–Crippen LogP) is 2.24. The van der Waals surface area contributed by atoms with E-state index < -0.39 is 6.10 Å². The summed E-state index contributed by atoms with van der Waals surface area (Å²) in [5.74, 6) is 0.0483. The molecule has 1 aromatic rings. The van der Waals surface area contributed by atoms with E-state index in [0.29, 0.717) is 13.2 Å². The van der Waals surface area contributed by atoms with Crippen LogP contribution in [0.25, 0.3) is 0 Å². The number of carbonyl (C=O) groups is 1. The number of fused-ring (bicyclic) bond motifs is 1. The average Bonchev–Trinajstić information content (AvgIpc) is 2.34. The molecular weight excluding hydrogens is 216 g/mol. The van der Waals surface area contributed by atoms with Crippen molar-refractivity contribution < 1.29 is 14.3 Å². The zero-order valence-corrected chi connectivity index (χ0v) is 10.3. The van der Waals surface area contributed by atoms with Gasteiger partial charge in [-0.2, -0.15) is 0 Å². The summed E-state index contributed by atoms with van der Waals surface area (Å²) < 4.78 is 11.2. The summed E-state index contributed by atoms with van der Waals surface area (Å²) in [6, 6.07) is 7.70. The summed E-state index contributed by atoms with van der Waals surface area (Å²) in [7, 11) is 0. The Kier molecular flexibility index (Phi) is 3.92. The Balaban J connectivity index is 2.30. The highest BCUT2D eigenvalue weighted by Gasteiger charge is 2.36. The molecule has 0 fully saturated rings. The van der Waals surface area contributed by atoms with Gasteiger partial charge in [-0.25, -0.2) is 0 Å². The zero-order valence-electron chi connectivity index (χ0n) is 10.3. The van der Waals surface area contributed by atoms with E-state index in [-0.39, 0.29) is 11.9 Å². The van der Waals surface area contributed by atoms with Gasteiger partial charge >= 0.3 is 0 Å². The van der Waals surface area contributed by atoms with E-state index in [1.807, 2.05) is 38.1 Å². The standard InChI is InChI=1S/C14H18O3/c1-3-16-12-9-10-7-5-6-8-11(10)13(15)14(12)17-4-2/h5-8,12,14H,3-4,9H2,1-2H3. The Hall–Kier alpha value is -1.19. The molecule has 1 aliphatic rings. The van der Waals surface area contributed by atoms with Gasteiger partial charge in [-0.05, 0) is 19.4 Å². The molecule has 17 heavy (non-hydrogen) atoms. The third-order valence-electron chi connectivity index (χ3n) is 3.03. The van der Waals surface area contributed by atoms with Crippen LogP contribution in [0.4, 0.5) is 0 Å². The lowest BCUT2D eigenvalue weighted by molar-refractivity contribution is -0.0539. The number of rotatable bonds is 4. The second kappa shape index (κ2) is 5.43. The van der Waals surface area contributed by atoms with Crippen LogP contribution in [0.5, 0.6) is 0 Å². The SMILES string of the molecule is CCOC1Cc2ccccc2C(=O)C1OCC. The van der Waals surface area contributed by atoms with Crippen LogP contribution in [0.3, 0.4) is 0 Å². The van der Waals surface area contributed by atoms with Crippen LogP contribution in [0.1, 0.15) is 29.8 Å². The Morgan fingerprint density at radius 1 is 1.18 bits per heavy atom. The fourth-order valence-corrected chi connectivity index (χ4v) is 2.31. The molecule has 0 saturated carbocycles. The van der Waals surface area contributed by atoms with Crippen molar-refractivity contribution in [2.24, 2.45) is 0 Å². The molecule has 0 amide bonds. The molecule has 1 aliphatic carbocycles. The van der Waals surface area contributed by atoms with Crippen LogP contribution in [-0.2, 0) is 15.9 Å². The number of carbonyl (C=O) groups excluding carboxylic acids is 1. The Morgan fingerprint density at radius 3 is 2.59 bits per heavy atom. The molecular formula is C14H18O3. The Bertz CT molecular complexity index is 400. The lowest BCUT2D eigenvalue weighted by Crippen LogP contribution is -2.44. The van der Waals surface area contributed by atoms with Crippen molar-refractivity contribution in [3.05, 3.63) is 35.4 Å². The van der Waals surface area contributed by atoms with E-state index in [9.17, 15) is 4.79 Å². The van der Waals surface area contributed by atoms with E-state index in [1.165, 1.54) is 0 Å². The molecule has 0 saturated heterocycles. The van der Waals surface area contributed by atoms with Gasteiger partial charge in [0.25, 0.3) is 0 Å². The maximum absolute atomic E-state index is 12.3. The first kappa shape index (κ1) is 12.3. The maximum Gasteiger partial charge on any atom is 0.194 e. The third kappa shape index (κ3) is 2.40. The molecule has 3 heteroatoms. The van der Waals surface area contributed by atoms with Crippen LogP contribution in [0, 0.1) is 0 Å². The monoisotopic (exact) mass is 234 g/mol. The Morgan fingerprint density at radius 2 is 1.88 bits per heavy atom. The van der Waals surface area contributed by atoms with Gasteiger partial charge in [0, 0.05) is 25.2 Å². The minimum atomic E-state index is -0.449. The molecule has 92 valence electrons. The Labute approximate surface area is 102 Å². The topological polar surface area (TPSA) is 35.5 Å². The van der Waals surface area contributed by atoms with E-state index in [4.69, 9.17) is 9.47 Å². The second-order valence-corrected chi connectivity index (χ2v) is 4.10. The summed E-state index contributed by atoms with van der Waals surface area (Å²) in [4.78, 5) is 12.3. The fraction of sp³-hybridized carbons (Fsp3) is 0.500. The molecule has 0 N–H and O–H groups in total. The molecule has 2 atom stereocenters. The molecule has 0 aliphatic heterocycles. The van der Waals surface area contributed by atoms with E-state index in [1.54, 1.807) is 0 Å². The maximum atomic E-state index is 12.3. The molecule has 0 spiro atoms. The number of hydrogen-bond donors (Lipinski definition) is 0. The van der Waals surface area contributed by atoms with Gasteiger partial charge in [0.2, 0.25) is 0 Å². The van der Waals surface area contributed by atoms with Crippen molar-refractivity contribution in [2.75, 3.05) is 13.2 Å².